The van der Waals surface area contributed by atoms with E-state index < -0.39 is 0 Å². The Morgan fingerprint density at radius 1 is 0.231 bits per heavy atom. The van der Waals surface area contributed by atoms with Crippen molar-refractivity contribution < 1.29 is 0 Å². The minimum atomic E-state index is 0.0461. The van der Waals surface area contributed by atoms with Gasteiger partial charge in [0.05, 0.1) is 22.1 Å². The van der Waals surface area contributed by atoms with Crippen LogP contribution < -0.4 is 0 Å². The van der Waals surface area contributed by atoms with E-state index in [2.05, 4.69) is 346 Å². The van der Waals surface area contributed by atoms with Gasteiger partial charge in [0, 0.05) is 32.9 Å². The molecule has 14 aromatic carbocycles. The van der Waals surface area contributed by atoms with E-state index in [0.29, 0.717) is 0 Å². The molecule has 0 bridgehead atoms. The molecule has 0 fully saturated rings. The molecule has 91 heavy (non-hydrogen) atoms. The third kappa shape index (κ3) is 9.62. The quantitative estimate of drug-likeness (QED) is 0.147. The average Bonchev–Trinajstić information content (AvgIpc) is 1.34. The summed E-state index contributed by atoms with van der Waals surface area (Å²) in [6, 6.07) is 97.0. The Kier molecular flexibility index (Phi) is 13.8. The number of fused-ring (bicyclic) bond motifs is 10. The van der Waals surface area contributed by atoms with Crippen LogP contribution in [0.3, 0.4) is 0 Å². The van der Waals surface area contributed by atoms with Crippen LogP contribution in [0.1, 0.15) is 80.5 Å². The van der Waals surface area contributed by atoms with Gasteiger partial charge in [-0.2, -0.15) is 0 Å². The van der Waals surface area contributed by atoms with Gasteiger partial charge in [-0.15, -0.1) is 0 Å². The monoisotopic (exact) mass is 1170 g/mol. The van der Waals surface area contributed by atoms with Crippen molar-refractivity contribution in [3.63, 3.8) is 0 Å². The SMILES string of the molecule is Cc1cc(-n2c3ccccc3c3ccccc32)c(C)cc1-c1c2ccccc2c(-c2ccccc2)c2cc(C(C)(C)C)ccc12.Cc1ccc2c(-c3cc(C)c(-n4c5ccccc5c5ccccc54)cc3C)c3ccccc3c(-c3ccc(C(C)(C)C)cc3)c2c1. The zero-order valence-corrected chi connectivity index (χ0v) is 54.2. The van der Waals surface area contributed by atoms with Gasteiger partial charge in [0.25, 0.3) is 0 Å². The van der Waals surface area contributed by atoms with Crippen LogP contribution in [0.5, 0.6) is 0 Å². The molecule has 0 atom stereocenters. The van der Waals surface area contributed by atoms with Crippen LogP contribution in [-0.2, 0) is 10.8 Å². The van der Waals surface area contributed by atoms with Gasteiger partial charge in [0.15, 0.2) is 0 Å². The molecule has 2 heteroatoms. The highest BCUT2D eigenvalue weighted by Gasteiger charge is 2.25. The molecule has 16 aromatic rings. The lowest BCUT2D eigenvalue weighted by atomic mass is 9.80. The summed E-state index contributed by atoms with van der Waals surface area (Å²) in [6.07, 6.45) is 0. The molecule has 0 unspecified atom stereocenters. The molecule has 2 nitrogen and oxygen atoms in total. The predicted octanol–water partition coefficient (Wildman–Crippen LogP) is 25.0. The second kappa shape index (κ2) is 22.0. The fraction of sp³-hybridized carbons (Fsp3) is 0.146. The normalized spacial score (nSPS) is 12.1. The molecule has 0 saturated heterocycles. The first-order chi connectivity index (χ1) is 44.0. The summed E-state index contributed by atoms with van der Waals surface area (Å²) in [5.41, 5.74) is 27.0. The van der Waals surface area contributed by atoms with Crippen molar-refractivity contribution in [2.45, 2.75) is 87.0 Å². The van der Waals surface area contributed by atoms with E-state index in [1.165, 1.54) is 182 Å². The second-order valence-corrected chi connectivity index (χ2v) is 27.5. The van der Waals surface area contributed by atoms with E-state index >= 15 is 0 Å². The molecule has 0 spiro atoms. The highest BCUT2D eigenvalue weighted by Crippen LogP contribution is 2.49. The number of para-hydroxylation sites is 4. The van der Waals surface area contributed by atoms with E-state index in [9.17, 15) is 0 Å². The molecule has 0 aliphatic carbocycles. The largest absolute Gasteiger partial charge is 0.309 e. The topological polar surface area (TPSA) is 9.86 Å². The Labute approximate surface area is 535 Å². The summed E-state index contributed by atoms with van der Waals surface area (Å²) in [4.78, 5) is 0. The van der Waals surface area contributed by atoms with Crippen molar-refractivity contribution in [2.75, 3.05) is 0 Å². The predicted molar refractivity (Wildman–Crippen MR) is 394 cm³/mol. The van der Waals surface area contributed by atoms with Gasteiger partial charge in [0.2, 0.25) is 0 Å². The molecule has 16 rings (SSSR count). The maximum absolute atomic E-state index is 2.45. The number of nitrogens with zero attached hydrogens (tertiary/aromatic N) is 2. The Morgan fingerprint density at radius 3 is 0.956 bits per heavy atom. The fourth-order valence-corrected chi connectivity index (χ4v) is 14.9. The number of benzene rings is 14. The number of hydrogen-bond acceptors (Lipinski definition) is 0. The third-order valence-corrected chi connectivity index (χ3v) is 19.4. The van der Waals surface area contributed by atoms with Crippen LogP contribution in [0.25, 0.3) is 143 Å². The first-order valence-electron chi connectivity index (χ1n) is 32.3. The minimum absolute atomic E-state index is 0.0461. The van der Waals surface area contributed by atoms with E-state index in [1.807, 2.05) is 0 Å². The second-order valence-electron chi connectivity index (χ2n) is 27.5. The summed E-state index contributed by atoms with van der Waals surface area (Å²) >= 11 is 0. The average molecular weight is 1170 g/mol. The summed E-state index contributed by atoms with van der Waals surface area (Å²) in [7, 11) is 0. The first-order valence-corrected chi connectivity index (χ1v) is 32.3. The molecule has 0 N–H and O–H groups in total. The van der Waals surface area contributed by atoms with Crippen molar-refractivity contribution in [3.05, 3.63) is 300 Å². The number of hydrogen-bond donors (Lipinski definition) is 0. The van der Waals surface area contributed by atoms with Crippen LogP contribution in [0, 0.1) is 34.6 Å². The van der Waals surface area contributed by atoms with Gasteiger partial charge in [-0.25, -0.2) is 0 Å². The van der Waals surface area contributed by atoms with Crippen LogP contribution >= 0.6 is 0 Å². The smallest absolute Gasteiger partial charge is 0.0541 e. The summed E-state index contributed by atoms with van der Waals surface area (Å²) in [5.74, 6) is 0. The van der Waals surface area contributed by atoms with Crippen molar-refractivity contribution >= 4 is 86.7 Å². The molecule has 2 heterocycles. The number of rotatable bonds is 6. The molecule has 0 amide bonds. The number of aryl methyl sites for hydroxylation is 5. The molecule has 0 aliphatic heterocycles. The van der Waals surface area contributed by atoms with E-state index in [0.717, 1.165) is 0 Å². The molecule has 2 aromatic heterocycles. The molecular formula is C89H76N2. The standard InChI is InChI=1S/C45H39N.C44H37N/c1-28-19-24-37-39(25-28)43(31-20-22-32(23-21-31)45(4,5)6)35-15-7-8-16-36(35)44(37)38-26-30(3)42(27-29(38)2)46-40-17-11-9-13-33(40)34-14-10-12-18-41(34)46;1-28-26-41(45-39-21-13-11-17-32(39)33-18-12-14-22-40(33)45)29(2)25-37(28)43-35-20-10-9-19-34(35)42(30-15-7-6-8-16-30)38-27-31(44(3,4)5)23-24-36(38)43/h7-27H,1-6H3;6-27H,1-5H3. The van der Waals surface area contributed by atoms with Gasteiger partial charge in [0.1, 0.15) is 0 Å². The van der Waals surface area contributed by atoms with Crippen LogP contribution in [-0.4, -0.2) is 9.13 Å². The van der Waals surface area contributed by atoms with Crippen LogP contribution in [0.4, 0.5) is 0 Å². The first kappa shape index (κ1) is 57.2. The van der Waals surface area contributed by atoms with E-state index in [-0.39, 0.29) is 10.8 Å². The molecule has 0 aliphatic rings. The molecule has 442 valence electrons. The number of aromatic nitrogens is 2. The van der Waals surface area contributed by atoms with Crippen LogP contribution in [0.15, 0.2) is 261 Å². The van der Waals surface area contributed by atoms with Gasteiger partial charge < -0.3 is 9.13 Å². The van der Waals surface area contributed by atoms with Crippen LogP contribution in [0.2, 0.25) is 0 Å². The maximum Gasteiger partial charge on any atom is 0.0541 e. The Bertz CT molecular complexity index is 5470. The fourth-order valence-electron chi connectivity index (χ4n) is 14.9. The van der Waals surface area contributed by atoms with Crippen molar-refractivity contribution in [3.8, 4) is 55.9 Å². The lowest BCUT2D eigenvalue weighted by Crippen LogP contribution is -2.10. The zero-order chi connectivity index (χ0) is 62.6. The highest BCUT2D eigenvalue weighted by atomic mass is 15.0. The van der Waals surface area contributed by atoms with E-state index in [4.69, 9.17) is 0 Å². The molecule has 0 radical (unpaired) electrons. The van der Waals surface area contributed by atoms with Crippen molar-refractivity contribution in [1.29, 1.82) is 0 Å². The van der Waals surface area contributed by atoms with Gasteiger partial charge in [-0.05, 0) is 221 Å². The Hall–Kier alpha value is -10.3. The maximum atomic E-state index is 2.45. The minimum Gasteiger partial charge on any atom is -0.309 e. The summed E-state index contributed by atoms with van der Waals surface area (Å²) in [6.45, 7) is 25.0. The summed E-state index contributed by atoms with van der Waals surface area (Å²) < 4.78 is 4.89. The molecular weight excluding hydrogens is 1100 g/mol. The van der Waals surface area contributed by atoms with E-state index in [1.54, 1.807) is 0 Å². The van der Waals surface area contributed by atoms with Gasteiger partial charge in [-0.1, -0.05) is 253 Å². The Balaban J connectivity index is 0.000000151. The lowest BCUT2D eigenvalue weighted by Gasteiger charge is -2.24. The lowest BCUT2D eigenvalue weighted by molar-refractivity contribution is 0.590. The summed E-state index contributed by atoms with van der Waals surface area (Å²) in [5, 5.41) is 15.5. The third-order valence-electron chi connectivity index (χ3n) is 19.4. The Morgan fingerprint density at radius 2 is 0.549 bits per heavy atom. The highest BCUT2D eigenvalue weighted by molar-refractivity contribution is 6.23. The van der Waals surface area contributed by atoms with Crippen molar-refractivity contribution in [2.24, 2.45) is 0 Å². The zero-order valence-electron chi connectivity index (χ0n) is 54.2. The van der Waals surface area contributed by atoms with Gasteiger partial charge >= 0.3 is 0 Å². The molecule has 0 saturated carbocycles. The van der Waals surface area contributed by atoms with Crippen molar-refractivity contribution in [1.82, 2.24) is 9.13 Å². The van der Waals surface area contributed by atoms with Gasteiger partial charge in [-0.3, -0.25) is 0 Å².